The summed E-state index contributed by atoms with van der Waals surface area (Å²) in [5.41, 5.74) is 6.94. The van der Waals surface area contributed by atoms with E-state index in [1.54, 1.807) is 9.36 Å². The normalized spacial score (nSPS) is 13.2. The average Bonchev–Trinajstić information content (AvgIpc) is 3.92. The summed E-state index contributed by atoms with van der Waals surface area (Å²) in [5, 5.41) is 11.1. The molecular formula is C37H30F2N4O5S3. The van der Waals surface area contributed by atoms with E-state index in [-0.39, 0.29) is 39.7 Å². The minimum absolute atomic E-state index is 0.0186. The molecule has 0 bridgehead atoms. The number of halogens is 2. The van der Waals surface area contributed by atoms with Crippen molar-refractivity contribution in [2.75, 3.05) is 0 Å². The molecule has 8 aromatic rings. The van der Waals surface area contributed by atoms with Gasteiger partial charge in [-0.3, -0.25) is 13.9 Å². The molecule has 0 aliphatic heterocycles. The van der Waals surface area contributed by atoms with Crippen molar-refractivity contribution < 1.29 is 30.6 Å². The topological polar surface area (TPSA) is 116 Å². The van der Waals surface area contributed by atoms with Crippen LogP contribution in [-0.2, 0) is 23.2 Å². The Hall–Kier alpha value is -4.89. The summed E-state index contributed by atoms with van der Waals surface area (Å²) >= 11 is 2.35. The first-order valence-electron chi connectivity index (χ1n) is 16.1. The minimum Gasteiger partial charge on any atom is -0.451 e. The molecule has 6 heterocycles. The largest absolute Gasteiger partial charge is 0.451 e. The summed E-state index contributed by atoms with van der Waals surface area (Å²) in [4.78, 5) is 0. The highest BCUT2D eigenvalue weighted by Crippen LogP contribution is 2.41. The molecule has 2 aromatic carbocycles. The van der Waals surface area contributed by atoms with Crippen molar-refractivity contribution in [2.24, 2.45) is 0 Å². The SMILES string of the molecule is Cc1ccc(Cn2nc(/C(F)=C/CCC/C=C(\F)c3nn(Cc4ccc(C)cc4)c4c3oc3cc(S(=O)(=O)O)sc34)c3oc4ccsc4c32)cc1. The third-order valence-corrected chi connectivity index (χ3v) is 12.0. The van der Waals surface area contributed by atoms with Crippen molar-refractivity contribution >= 4 is 87.2 Å². The zero-order chi connectivity index (χ0) is 35.4. The van der Waals surface area contributed by atoms with Crippen LogP contribution in [0.15, 0.2) is 91.2 Å². The Morgan fingerprint density at radius 1 is 0.784 bits per heavy atom. The van der Waals surface area contributed by atoms with Gasteiger partial charge in [-0.2, -0.15) is 18.6 Å². The van der Waals surface area contributed by atoms with E-state index in [4.69, 9.17) is 8.83 Å². The maximum atomic E-state index is 15.8. The first-order valence-corrected chi connectivity index (χ1v) is 19.3. The van der Waals surface area contributed by atoms with Gasteiger partial charge in [0.15, 0.2) is 38.4 Å². The molecule has 14 heteroatoms. The van der Waals surface area contributed by atoms with Gasteiger partial charge in [-0.15, -0.1) is 22.7 Å². The number of hydrogen-bond donors (Lipinski definition) is 1. The minimum atomic E-state index is -4.46. The molecule has 0 spiro atoms. The summed E-state index contributed by atoms with van der Waals surface area (Å²) in [6.07, 6.45) is 3.89. The van der Waals surface area contributed by atoms with Crippen LogP contribution in [0.2, 0.25) is 0 Å². The number of benzene rings is 2. The van der Waals surface area contributed by atoms with Crippen LogP contribution in [0.5, 0.6) is 0 Å². The van der Waals surface area contributed by atoms with Crippen molar-refractivity contribution in [3.63, 3.8) is 0 Å². The quantitative estimate of drug-likeness (QED) is 0.103. The van der Waals surface area contributed by atoms with Gasteiger partial charge in [-0.25, -0.2) is 8.78 Å². The van der Waals surface area contributed by atoms with Crippen molar-refractivity contribution in [3.8, 4) is 0 Å². The van der Waals surface area contributed by atoms with Crippen molar-refractivity contribution in [1.82, 2.24) is 19.6 Å². The molecule has 0 amide bonds. The van der Waals surface area contributed by atoms with E-state index in [1.165, 1.54) is 29.6 Å². The molecule has 0 saturated heterocycles. The van der Waals surface area contributed by atoms with Gasteiger partial charge < -0.3 is 8.83 Å². The highest BCUT2D eigenvalue weighted by molar-refractivity contribution is 7.88. The van der Waals surface area contributed by atoms with E-state index >= 15 is 8.78 Å². The van der Waals surface area contributed by atoms with Crippen LogP contribution in [0.3, 0.4) is 0 Å². The number of thiophene rings is 2. The Bertz CT molecular complexity index is 2740. The van der Waals surface area contributed by atoms with E-state index in [1.807, 2.05) is 73.8 Å². The van der Waals surface area contributed by atoms with Crippen LogP contribution in [0.1, 0.15) is 52.9 Å². The molecular weight excluding hydrogens is 715 g/mol. The number of allylic oxidation sites excluding steroid dienone is 2. The van der Waals surface area contributed by atoms with Gasteiger partial charge in [-0.1, -0.05) is 59.7 Å². The Balaban J connectivity index is 1.03. The predicted molar refractivity (Wildman–Crippen MR) is 197 cm³/mol. The summed E-state index contributed by atoms with van der Waals surface area (Å²) < 4.78 is 81.0. The first kappa shape index (κ1) is 33.3. The second kappa shape index (κ2) is 13.0. The van der Waals surface area contributed by atoms with Gasteiger partial charge in [-0.05, 0) is 67.8 Å². The van der Waals surface area contributed by atoms with Crippen LogP contribution >= 0.6 is 22.7 Å². The Morgan fingerprint density at radius 3 is 1.82 bits per heavy atom. The van der Waals surface area contributed by atoms with E-state index in [2.05, 4.69) is 10.2 Å². The fourth-order valence-corrected chi connectivity index (χ4v) is 8.71. The lowest BCUT2D eigenvalue weighted by molar-refractivity contribution is 0.485. The summed E-state index contributed by atoms with van der Waals surface area (Å²) in [7, 11) is -4.46. The molecule has 51 heavy (non-hydrogen) atoms. The summed E-state index contributed by atoms with van der Waals surface area (Å²) in [6.45, 7) is 4.74. The first-order chi connectivity index (χ1) is 24.5. The highest BCUT2D eigenvalue weighted by atomic mass is 32.3. The van der Waals surface area contributed by atoms with Crippen LogP contribution < -0.4 is 0 Å². The standard InChI is InChI=1S/C37H30F2N4O5S3/c1-21-8-12-23(13-9-21)19-42-32-34(47-27-16-17-49-36(27)32)30(40-42)25(38)6-4-3-5-7-26(39)31-35-33(37-28(48-35)18-29(50-37)51(44,45)46)43(41-31)20-24-14-10-22(2)11-15-24/h6-18H,3-5,19-20H2,1-2H3,(H,44,45,46)/b25-6-,26-7-. The monoisotopic (exact) mass is 744 g/mol. The molecule has 0 unspecified atom stereocenters. The Labute approximate surface area is 298 Å². The smallest absolute Gasteiger partial charge is 0.304 e. The van der Waals surface area contributed by atoms with Crippen LogP contribution in [0.25, 0.3) is 54.4 Å². The summed E-state index contributed by atoms with van der Waals surface area (Å²) in [6, 6.07) is 19.0. The van der Waals surface area contributed by atoms with E-state index < -0.39 is 21.8 Å². The van der Waals surface area contributed by atoms with Crippen molar-refractivity contribution in [2.45, 2.75) is 50.4 Å². The number of aromatic nitrogens is 4. The zero-order valence-electron chi connectivity index (χ0n) is 27.4. The highest BCUT2D eigenvalue weighted by Gasteiger charge is 2.26. The third kappa shape index (κ3) is 6.33. The number of unbranched alkanes of at least 4 members (excludes halogenated alkanes) is 2. The molecule has 0 fully saturated rings. The number of furan rings is 2. The maximum absolute atomic E-state index is 15.8. The lowest BCUT2D eigenvalue weighted by Crippen LogP contribution is -2.02. The molecule has 9 nitrogen and oxygen atoms in total. The molecule has 0 aliphatic carbocycles. The van der Waals surface area contributed by atoms with Crippen LogP contribution in [-0.4, -0.2) is 32.5 Å². The molecule has 8 rings (SSSR count). The maximum Gasteiger partial charge on any atom is 0.304 e. The average molecular weight is 745 g/mol. The number of rotatable bonds is 11. The lowest BCUT2D eigenvalue weighted by Gasteiger charge is -2.03. The van der Waals surface area contributed by atoms with Gasteiger partial charge in [0, 0.05) is 6.07 Å². The molecule has 1 N–H and O–H groups in total. The molecule has 0 aliphatic rings. The number of nitrogens with zero attached hydrogens (tertiary/aromatic N) is 4. The molecule has 6 aromatic heterocycles. The number of hydrogen-bond acceptors (Lipinski definition) is 8. The molecule has 0 atom stereocenters. The van der Waals surface area contributed by atoms with Crippen LogP contribution in [0.4, 0.5) is 8.78 Å². The third-order valence-electron chi connectivity index (χ3n) is 8.64. The van der Waals surface area contributed by atoms with Gasteiger partial charge in [0.05, 0.1) is 17.8 Å². The second-order valence-electron chi connectivity index (χ2n) is 12.4. The Morgan fingerprint density at radius 2 is 1.29 bits per heavy atom. The summed E-state index contributed by atoms with van der Waals surface area (Å²) in [5.74, 6) is -1.12. The van der Waals surface area contributed by atoms with Gasteiger partial charge in [0.1, 0.15) is 26.9 Å². The van der Waals surface area contributed by atoms with Crippen LogP contribution in [0, 0.1) is 13.8 Å². The fourth-order valence-electron chi connectivity index (χ4n) is 6.06. The predicted octanol–water partition coefficient (Wildman–Crippen LogP) is 10.5. The number of aryl methyl sites for hydroxylation is 2. The van der Waals surface area contributed by atoms with Gasteiger partial charge in [0.2, 0.25) is 0 Å². The second-order valence-corrected chi connectivity index (χ2v) is 16.0. The van der Waals surface area contributed by atoms with E-state index in [0.717, 1.165) is 43.8 Å². The fraction of sp³-hybridized carbons (Fsp3) is 0.189. The van der Waals surface area contributed by atoms with E-state index in [9.17, 15) is 13.0 Å². The zero-order valence-corrected chi connectivity index (χ0v) is 29.8. The molecule has 0 saturated carbocycles. The van der Waals surface area contributed by atoms with Gasteiger partial charge in [0.25, 0.3) is 0 Å². The van der Waals surface area contributed by atoms with Crippen molar-refractivity contribution in [3.05, 3.63) is 112 Å². The number of fused-ring (bicyclic) bond motifs is 6. The van der Waals surface area contributed by atoms with E-state index in [0.29, 0.717) is 40.8 Å². The molecule has 260 valence electrons. The van der Waals surface area contributed by atoms with Crippen molar-refractivity contribution in [1.29, 1.82) is 0 Å². The van der Waals surface area contributed by atoms with Gasteiger partial charge >= 0.3 is 10.1 Å². The Kier molecular flexibility index (Phi) is 8.49. The molecule has 0 radical (unpaired) electrons. The lowest BCUT2D eigenvalue weighted by atomic mass is 10.1.